The van der Waals surface area contributed by atoms with Crippen molar-refractivity contribution in [2.75, 3.05) is 0 Å². The van der Waals surface area contributed by atoms with Gasteiger partial charge in [-0.05, 0) is 47.2 Å². The molecule has 0 atom stereocenters. The van der Waals surface area contributed by atoms with E-state index in [1.807, 2.05) is 12.1 Å². The first kappa shape index (κ1) is 14.0. The number of aromatic nitrogens is 2. The van der Waals surface area contributed by atoms with Gasteiger partial charge in [-0.2, -0.15) is 0 Å². The number of para-hydroxylation sites is 2. The number of aromatic amines is 1. The highest BCUT2D eigenvalue weighted by Gasteiger charge is 2.16. The number of nitrogens with zero attached hydrogens (tertiary/aromatic N) is 1. The van der Waals surface area contributed by atoms with E-state index >= 15 is 0 Å². The molecule has 0 aliphatic heterocycles. The highest BCUT2D eigenvalue weighted by atomic mass is 15.0. The van der Waals surface area contributed by atoms with E-state index in [4.69, 9.17) is 2.74 Å². The monoisotopic (exact) mass is 384 g/mol. The zero-order valence-electron chi connectivity index (χ0n) is 18.1. The summed E-state index contributed by atoms with van der Waals surface area (Å²) >= 11 is 0. The first-order valence-electron chi connectivity index (χ1n) is 11.1. The van der Waals surface area contributed by atoms with E-state index in [0.29, 0.717) is 12.1 Å². The molecule has 0 aliphatic carbocycles. The first-order valence-corrected chi connectivity index (χ1v) is 10.1. The van der Waals surface area contributed by atoms with Crippen LogP contribution in [0.15, 0.2) is 103 Å². The van der Waals surface area contributed by atoms with Crippen LogP contribution in [0.25, 0.3) is 60.1 Å². The van der Waals surface area contributed by atoms with Gasteiger partial charge in [-0.15, -0.1) is 0 Å². The molecule has 5 aromatic carbocycles. The molecule has 0 amide bonds. The maximum Gasteiger partial charge on any atom is 0.0623 e. The molecule has 2 aromatic heterocycles. The summed E-state index contributed by atoms with van der Waals surface area (Å²) < 4.78 is 18.6. The quantitative estimate of drug-likeness (QED) is 0.301. The van der Waals surface area contributed by atoms with Gasteiger partial charge in [0.25, 0.3) is 0 Å². The fourth-order valence-electron chi connectivity index (χ4n) is 4.88. The second-order valence-corrected chi connectivity index (χ2v) is 7.79. The van der Waals surface area contributed by atoms with Gasteiger partial charge in [0.1, 0.15) is 0 Å². The van der Waals surface area contributed by atoms with Crippen molar-refractivity contribution in [1.29, 1.82) is 0 Å². The number of H-pyrrole nitrogens is 1. The Kier molecular flexibility index (Phi) is 2.68. The number of benzene rings is 5. The van der Waals surface area contributed by atoms with Crippen LogP contribution in [0.3, 0.4) is 0 Å². The summed E-state index contributed by atoms with van der Waals surface area (Å²) in [6, 6.07) is 31.6. The molecule has 0 spiro atoms. The van der Waals surface area contributed by atoms with Crippen molar-refractivity contribution in [3.8, 4) is 5.69 Å². The molecule has 2 heteroatoms. The number of hydrogen-bond donors (Lipinski definition) is 1. The van der Waals surface area contributed by atoms with Gasteiger partial charge < -0.3 is 9.55 Å². The number of nitrogens with one attached hydrogen (secondary N) is 1. The van der Waals surface area contributed by atoms with Crippen molar-refractivity contribution in [2.45, 2.75) is 0 Å². The van der Waals surface area contributed by atoms with E-state index < -0.39 is 0 Å². The Morgan fingerprint density at radius 2 is 1.40 bits per heavy atom. The second-order valence-electron chi connectivity index (χ2n) is 7.79. The molecule has 0 saturated carbocycles. The Bertz CT molecular complexity index is 1840. The van der Waals surface area contributed by atoms with Crippen LogP contribution in [-0.4, -0.2) is 9.55 Å². The van der Waals surface area contributed by atoms with Gasteiger partial charge in [0, 0.05) is 38.3 Å². The molecule has 0 fully saturated rings. The fraction of sp³-hybridized carbons (Fsp3) is 0. The first-order chi connectivity index (χ1) is 15.7. The van der Waals surface area contributed by atoms with Crippen LogP contribution in [0.2, 0.25) is 0 Å². The van der Waals surface area contributed by atoms with E-state index in [2.05, 4.69) is 82.3 Å². The van der Waals surface area contributed by atoms with E-state index in [1.54, 1.807) is 6.07 Å². The topological polar surface area (TPSA) is 20.7 Å². The predicted molar refractivity (Wildman–Crippen MR) is 128 cm³/mol. The summed E-state index contributed by atoms with van der Waals surface area (Å²) in [4.78, 5) is 3.57. The van der Waals surface area contributed by atoms with Crippen LogP contribution >= 0.6 is 0 Å². The van der Waals surface area contributed by atoms with Crippen molar-refractivity contribution in [1.82, 2.24) is 9.55 Å². The standard InChI is InChI=1S/C28H18N2/c1-2-9-19(10-3-1)30-26-15-14-18-8-4-5-11-20(18)28(26)23-16-22-21-12-6-7-13-24(21)29-25(22)17-27(23)30/h1-17,29H/i2D,3D. The normalized spacial score (nSPS) is 12.9. The average molecular weight is 384 g/mol. The van der Waals surface area contributed by atoms with E-state index in [0.717, 1.165) is 27.8 Å². The Morgan fingerprint density at radius 3 is 2.30 bits per heavy atom. The van der Waals surface area contributed by atoms with E-state index in [1.165, 1.54) is 32.3 Å². The zero-order valence-corrected chi connectivity index (χ0v) is 16.1. The molecular weight excluding hydrogens is 364 g/mol. The molecule has 0 unspecified atom stereocenters. The van der Waals surface area contributed by atoms with Gasteiger partial charge in [-0.1, -0.05) is 66.7 Å². The van der Waals surface area contributed by atoms with E-state index in [-0.39, 0.29) is 0 Å². The summed E-state index contributed by atoms with van der Waals surface area (Å²) in [5.74, 6) is 0. The van der Waals surface area contributed by atoms with Crippen LogP contribution in [-0.2, 0) is 0 Å². The van der Waals surface area contributed by atoms with Crippen molar-refractivity contribution in [2.24, 2.45) is 0 Å². The molecule has 7 rings (SSSR count). The summed E-state index contributed by atoms with van der Waals surface area (Å²) in [5.41, 5.74) is 5.20. The minimum Gasteiger partial charge on any atom is -0.354 e. The maximum atomic E-state index is 8.19. The smallest absolute Gasteiger partial charge is 0.0623 e. The molecule has 0 radical (unpaired) electrons. The van der Waals surface area contributed by atoms with Crippen molar-refractivity contribution >= 4 is 54.4 Å². The number of rotatable bonds is 1. The van der Waals surface area contributed by atoms with Gasteiger partial charge in [-0.3, -0.25) is 0 Å². The zero-order chi connectivity index (χ0) is 21.4. The maximum absolute atomic E-state index is 8.19. The fourth-order valence-corrected chi connectivity index (χ4v) is 4.88. The highest BCUT2D eigenvalue weighted by Crippen LogP contribution is 2.39. The van der Waals surface area contributed by atoms with Crippen LogP contribution in [0, 0.1) is 0 Å². The third-order valence-corrected chi connectivity index (χ3v) is 6.17. The largest absolute Gasteiger partial charge is 0.354 e. The van der Waals surface area contributed by atoms with Crippen LogP contribution < -0.4 is 0 Å². The molecule has 140 valence electrons. The van der Waals surface area contributed by atoms with Crippen molar-refractivity contribution in [3.63, 3.8) is 0 Å². The molecule has 0 bridgehead atoms. The number of fused-ring (bicyclic) bond motifs is 8. The van der Waals surface area contributed by atoms with Crippen molar-refractivity contribution in [3.05, 3.63) is 103 Å². The Labute approximate surface area is 175 Å². The molecule has 7 aromatic rings. The van der Waals surface area contributed by atoms with Gasteiger partial charge in [0.05, 0.1) is 13.8 Å². The van der Waals surface area contributed by atoms with Crippen molar-refractivity contribution < 1.29 is 2.74 Å². The molecule has 2 heterocycles. The summed E-state index contributed by atoms with van der Waals surface area (Å²) in [5, 5.41) is 7.21. The lowest BCUT2D eigenvalue weighted by Crippen LogP contribution is -1.93. The lowest BCUT2D eigenvalue weighted by atomic mass is 10.0. The van der Waals surface area contributed by atoms with E-state index in [9.17, 15) is 0 Å². The molecular formula is C28H18N2. The second kappa shape index (κ2) is 5.74. The third kappa shape index (κ3) is 2.03. The Morgan fingerprint density at radius 1 is 0.600 bits per heavy atom. The minimum atomic E-state index is 0.343. The van der Waals surface area contributed by atoms with Gasteiger partial charge >= 0.3 is 0 Å². The minimum absolute atomic E-state index is 0.343. The van der Waals surface area contributed by atoms with Gasteiger partial charge in [0.15, 0.2) is 0 Å². The molecule has 0 saturated heterocycles. The summed E-state index contributed by atoms with van der Waals surface area (Å²) in [7, 11) is 0. The Hall–Kier alpha value is -4.04. The SMILES string of the molecule is [2H]c1cc([2H])cc(-n2c3cc4[nH]c5ccccc5c4cc3c3c4ccccc4ccc32)c1. The molecule has 0 aliphatic rings. The average Bonchev–Trinajstić information content (AvgIpc) is 3.31. The van der Waals surface area contributed by atoms with Crippen LogP contribution in [0.5, 0.6) is 0 Å². The third-order valence-electron chi connectivity index (χ3n) is 6.17. The lowest BCUT2D eigenvalue weighted by molar-refractivity contribution is 1.18. The number of hydrogen-bond acceptors (Lipinski definition) is 0. The predicted octanol–water partition coefficient (Wildman–Crippen LogP) is 7.57. The van der Waals surface area contributed by atoms with Crippen LogP contribution in [0.4, 0.5) is 0 Å². The van der Waals surface area contributed by atoms with Gasteiger partial charge in [0.2, 0.25) is 0 Å². The molecule has 1 N–H and O–H groups in total. The van der Waals surface area contributed by atoms with Gasteiger partial charge in [-0.25, -0.2) is 0 Å². The molecule has 2 nitrogen and oxygen atoms in total. The summed E-state index contributed by atoms with van der Waals surface area (Å²) in [6.07, 6.45) is 0. The highest BCUT2D eigenvalue weighted by molar-refractivity contribution is 6.24. The van der Waals surface area contributed by atoms with Crippen LogP contribution in [0.1, 0.15) is 2.74 Å². The summed E-state index contributed by atoms with van der Waals surface area (Å²) in [6.45, 7) is 0. The lowest BCUT2D eigenvalue weighted by Gasteiger charge is -2.08. The Balaban J connectivity index is 1.75. The molecule has 30 heavy (non-hydrogen) atoms.